The third-order valence-corrected chi connectivity index (χ3v) is 3.46. The van der Waals surface area contributed by atoms with Gasteiger partial charge in [-0.25, -0.2) is 0 Å². The van der Waals surface area contributed by atoms with Crippen molar-refractivity contribution in [1.82, 2.24) is 0 Å². The van der Waals surface area contributed by atoms with Crippen LogP contribution >= 0.6 is 0 Å². The Morgan fingerprint density at radius 1 is 0.857 bits per heavy atom. The third-order valence-electron chi connectivity index (χ3n) is 3.46. The molecule has 1 saturated carbocycles. The fourth-order valence-electron chi connectivity index (χ4n) is 2.01. The van der Waals surface area contributed by atoms with Gasteiger partial charge in [0.05, 0.1) is 6.61 Å². The van der Waals surface area contributed by atoms with Gasteiger partial charge in [-0.05, 0) is 36.5 Å². The molecule has 108 valence electrons. The maximum absolute atomic E-state index is 12.4. The Morgan fingerprint density at radius 2 is 1.48 bits per heavy atom. The van der Waals surface area contributed by atoms with Crippen molar-refractivity contribution in [3.05, 3.63) is 70.4 Å². The van der Waals surface area contributed by atoms with Crippen LogP contribution in [-0.2, 0) is 6.61 Å². The van der Waals surface area contributed by atoms with Gasteiger partial charge in [0.25, 0.3) is 5.43 Å². The summed E-state index contributed by atoms with van der Waals surface area (Å²) in [5, 5.41) is 0. The highest BCUT2D eigenvalue weighted by atomic mass is 16.5. The van der Waals surface area contributed by atoms with Crippen LogP contribution in [0.2, 0.25) is 0 Å². The van der Waals surface area contributed by atoms with E-state index in [-0.39, 0.29) is 5.43 Å². The SMILES string of the molecule is O=c1c(OCc2ccccc2)ccccc1OCC1CC1. The summed E-state index contributed by atoms with van der Waals surface area (Å²) in [6.07, 6.45) is 2.40. The lowest BCUT2D eigenvalue weighted by Gasteiger charge is -2.06. The van der Waals surface area contributed by atoms with Crippen LogP contribution in [0.4, 0.5) is 0 Å². The molecule has 0 aromatic heterocycles. The molecule has 1 aliphatic rings. The highest BCUT2D eigenvalue weighted by Crippen LogP contribution is 2.29. The molecule has 0 spiro atoms. The molecular weight excluding hydrogens is 264 g/mol. The zero-order chi connectivity index (χ0) is 14.5. The largest absolute Gasteiger partial charge is 0.489 e. The molecule has 1 aliphatic carbocycles. The molecule has 0 unspecified atom stereocenters. The van der Waals surface area contributed by atoms with Crippen LogP contribution in [0.3, 0.4) is 0 Å². The number of rotatable bonds is 6. The van der Waals surface area contributed by atoms with E-state index in [0.29, 0.717) is 30.6 Å². The standard InChI is InChI=1S/C18H18O3/c19-18-16(20-12-14-6-2-1-3-7-14)8-4-5-9-17(18)21-13-15-10-11-15/h1-9,15H,10-13H2. The lowest BCUT2D eigenvalue weighted by molar-refractivity contribution is 0.284. The maximum atomic E-state index is 12.4. The van der Waals surface area contributed by atoms with E-state index in [4.69, 9.17) is 9.47 Å². The topological polar surface area (TPSA) is 35.5 Å². The molecule has 0 heterocycles. The average Bonchev–Trinajstić information content (AvgIpc) is 3.34. The highest BCUT2D eigenvalue weighted by molar-refractivity contribution is 5.31. The van der Waals surface area contributed by atoms with E-state index < -0.39 is 0 Å². The summed E-state index contributed by atoms with van der Waals surface area (Å²) in [4.78, 5) is 12.4. The summed E-state index contributed by atoms with van der Waals surface area (Å²) in [6, 6.07) is 16.8. The van der Waals surface area contributed by atoms with Gasteiger partial charge in [-0.15, -0.1) is 0 Å². The van der Waals surface area contributed by atoms with Crippen molar-refractivity contribution in [2.75, 3.05) is 6.61 Å². The Morgan fingerprint density at radius 3 is 2.14 bits per heavy atom. The van der Waals surface area contributed by atoms with Crippen molar-refractivity contribution in [2.45, 2.75) is 19.4 Å². The third kappa shape index (κ3) is 3.85. The second-order valence-corrected chi connectivity index (χ2v) is 5.30. The van der Waals surface area contributed by atoms with Crippen molar-refractivity contribution in [3.8, 4) is 11.5 Å². The molecule has 0 atom stereocenters. The fraction of sp³-hybridized carbons (Fsp3) is 0.278. The van der Waals surface area contributed by atoms with Gasteiger partial charge >= 0.3 is 0 Å². The average molecular weight is 282 g/mol. The van der Waals surface area contributed by atoms with Crippen molar-refractivity contribution < 1.29 is 9.47 Å². The summed E-state index contributed by atoms with van der Waals surface area (Å²) in [6.45, 7) is 1.000. The predicted octanol–water partition coefficient (Wildman–Crippen LogP) is 3.41. The van der Waals surface area contributed by atoms with E-state index in [0.717, 1.165) is 5.56 Å². The quantitative estimate of drug-likeness (QED) is 0.814. The minimum Gasteiger partial charge on any atom is -0.489 e. The summed E-state index contributed by atoms with van der Waals surface area (Å²) in [5.41, 5.74) is 0.848. The minimum atomic E-state index is -0.184. The van der Waals surface area contributed by atoms with Crippen LogP contribution in [0, 0.1) is 5.92 Å². The molecule has 0 bridgehead atoms. The summed E-state index contributed by atoms with van der Waals surface area (Å²) in [7, 11) is 0. The molecule has 1 fully saturated rings. The number of ether oxygens (including phenoxy) is 2. The van der Waals surface area contributed by atoms with E-state index in [1.165, 1.54) is 12.8 Å². The van der Waals surface area contributed by atoms with Gasteiger partial charge in [0, 0.05) is 0 Å². The molecule has 0 N–H and O–H groups in total. The van der Waals surface area contributed by atoms with Gasteiger partial charge in [-0.2, -0.15) is 0 Å². The maximum Gasteiger partial charge on any atom is 0.261 e. The van der Waals surface area contributed by atoms with Crippen LogP contribution in [0.5, 0.6) is 11.5 Å². The molecule has 0 saturated heterocycles. The Balaban J connectivity index is 1.73. The summed E-state index contributed by atoms with van der Waals surface area (Å²) >= 11 is 0. The van der Waals surface area contributed by atoms with Crippen LogP contribution in [0.15, 0.2) is 59.4 Å². The number of hydrogen-bond donors (Lipinski definition) is 0. The normalized spacial score (nSPS) is 13.7. The second kappa shape index (κ2) is 6.44. The summed E-state index contributed by atoms with van der Waals surface area (Å²) in [5.74, 6) is 1.31. The second-order valence-electron chi connectivity index (χ2n) is 5.30. The zero-order valence-electron chi connectivity index (χ0n) is 11.8. The Bertz CT molecular complexity index is 648. The molecule has 2 aromatic rings. The van der Waals surface area contributed by atoms with E-state index in [2.05, 4.69) is 0 Å². The molecule has 0 radical (unpaired) electrons. The van der Waals surface area contributed by atoms with Crippen molar-refractivity contribution in [3.63, 3.8) is 0 Å². The Hall–Kier alpha value is -2.29. The lowest BCUT2D eigenvalue weighted by atomic mass is 10.2. The van der Waals surface area contributed by atoms with E-state index >= 15 is 0 Å². The highest BCUT2D eigenvalue weighted by Gasteiger charge is 2.22. The van der Waals surface area contributed by atoms with Gasteiger partial charge in [-0.3, -0.25) is 4.79 Å². The number of hydrogen-bond acceptors (Lipinski definition) is 3. The van der Waals surface area contributed by atoms with E-state index in [1.807, 2.05) is 30.3 Å². The van der Waals surface area contributed by atoms with Crippen molar-refractivity contribution in [1.29, 1.82) is 0 Å². The van der Waals surface area contributed by atoms with E-state index in [1.54, 1.807) is 24.3 Å². The lowest BCUT2D eigenvalue weighted by Crippen LogP contribution is -2.11. The molecule has 3 heteroatoms. The van der Waals surface area contributed by atoms with Gasteiger partial charge in [0.1, 0.15) is 6.61 Å². The molecule has 3 rings (SSSR count). The molecule has 3 nitrogen and oxygen atoms in total. The fourth-order valence-corrected chi connectivity index (χ4v) is 2.01. The van der Waals surface area contributed by atoms with Crippen LogP contribution < -0.4 is 14.9 Å². The predicted molar refractivity (Wildman–Crippen MR) is 81.7 cm³/mol. The van der Waals surface area contributed by atoms with Crippen molar-refractivity contribution >= 4 is 0 Å². The summed E-state index contributed by atoms with van der Waals surface area (Å²) < 4.78 is 11.3. The smallest absolute Gasteiger partial charge is 0.261 e. The Labute approximate surface area is 124 Å². The first-order valence-corrected chi connectivity index (χ1v) is 7.26. The van der Waals surface area contributed by atoms with Gasteiger partial charge < -0.3 is 9.47 Å². The van der Waals surface area contributed by atoms with Crippen LogP contribution in [0.25, 0.3) is 0 Å². The Kier molecular flexibility index (Phi) is 4.20. The molecular formula is C18H18O3. The molecule has 0 aliphatic heterocycles. The first-order chi connectivity index (χ1) is 10.3. The van der Waals surface area contributed by atoms with Gasteiger partial charge in [0.2, 0.25) is 0 Å². The minimum absolute atomic E-state index is 0.184. The first-order valence-electron chi connectivity index (χ1n) is 7.26. The van der Waals surface area contributed by atoms with Gasteiger partial charge in [0.15, 0.2) is 11.5 Å². The van der Waals surface area contributed by atoms with E-state index in [9.17, 15) is 4.79 Å². The molecule has 0 amide bonds. The van der Waals surface area contributed by atoms with Crippen LogP contribution in [0.1, 0.15) is 18.4 Å². The zero-order valence-corrected chi connectivity index (χ0v) is 11.8. The van der Waals surface area contributed by atoms with Crippen molar-refractivity contribution in [2.24, 2.45) is 5.92 Å². The first kappa shape index (κ1) is 13.7. The van der Waals surface area contributed by atoms with Crippen LogP contribution in [-0.4, -0.2) is 6.61 Å². The van der Waals surface area contributed by atoms with Gasteiger partial charge in [-0.1, -0.05) is 42.5 Å². The monoisotopic (exact) mass is 282 g/mol. The molecule has 2 aromatic carbocycles. The molecule has 21 heavy (non-hydrogen) atoms. The number of benzene rings is 1.